The fourth-order valence-corrected chi connectivity index (χ4v) is 3.67. The number of amides is 4. The molecule has 1 aliphatic rings. The number of nitrogens with one attached hydrogen (secondary N) is 3. The number of nitrogens with two attached hydrogens (primary N) is 2. The molecule has 5 unspecified atom stereocenters. The fraction of sp³-hybridized carbons (Fsp3) is 0.600. The number of aromatic amines is 1. The minimum absolute atomic E-state index is 0.0324. The van der Waals surface area contributed by atoms with E-state index in [1.54, 1.807) is 0 Å². The van der Waals surface area contributed by atoms with Crippen LogP contribution in [0.3, 0.4) is 0 Å². The molecule has 0 bridgehead atoms. The number of hydrogen-bond donors (Lipinski definition) is 7. The summed E-state index contributed by atoms with van der Waals surface area (Å²) in [6, 6.07) is -4.74. The van der Waals surface area contributed by atoms with Gasteiger partial charge < -0.3 is 42.2 Å². The number of carbonyl (C=O) groups excluding carboxylic acids is 4. The van der Waals surface area contributed by atoms with Gasteiger partial charge in [-0.25, -0.2) is 9.78 Å². The van der Waals surface area contributed by atoms with E-state index in [4.69, 9.17) is 11.5 Å². The Labute approximate surface area is 195 Å². The van der Waals surface area contributed by atoms with Crippen molar-refractivity contribution in [2.75, 3.05) is 6.54 Å². The number of hydrogen-bond acceptors (Lipinski definition) is 8. The largest absolute Gasteiger partial charge is 0.480 e. The molecule has 0 saturated carbocycles. The van der Waals surface area contributed by atoms with Crippen LogP contribution < -0.4 is 22.1 Å². The molecule has 0 aliphatic carbocycles. The Morgan fingerprint density at radius 1 is 1.29 bits per heavy atom. The average Bonchev–Trinajstić information content (AvgIpc) is 3.46. The van der Waals surface area contributed by atoms with Crippen molar-refractivity contribution in [1.82, 2.24) is 25.5 Å². The molecule has 14 heteroatoms. The number of aromatic nitrogens is 2. The number of carboxylic acids is 1. The lowest BCUT2D eigenvalue weighted by atomic mass is 10.1. The molecular weight excluding hydrogens is 450 g/mol. The lowest BCUT2D eigenvalue weighted by Crippen LogP contribution is -2.59. The molecule has 0 spiro atoms. The second kappa shape index (κ2) is 12.1. The van der Waals surface area contributed by atoms with E-state index < -0.39 is 59.9 Å². The van der Waals surface area contributed by atoms with E-state index in [1.807, 2.05) is 0 Å². The van der Waals surface area contributed by atoms with E-state index in [0.29, 0.717) is 18.5 Å². The van der Waals surface area contributed by atoms with Crippen molar-refractivity contribution < 1.29 is 34.2 Å². The summed E-state index contributed by atoms with van der Waals surface area (Å²) in [7, 11) is 0. The van der Waals surface area contributed by atoms with Crippen LogP contribution in [0.4, 0.5) is 0 Å². The predicted octanol–water partition coefficient (Wildman–Crippen LogP) is -3.03. The number of aliphatic carboxylic acids is 1. The van der Waals surface area contributed by atoms with Gasteiger partial charge in [0, 0.05) is 31.3 Å². The maximum Gasteiger partial charge on any atom is 0.326 e. The van der Waals surface area contributed by atoms with Crippen LogP contribution in [0.2, 0.25) is 0 Å². The van der Waals surface area contributed by atoms with Crippen molar-refractivity contribution in [2.24, 2.45) is 11.5 Å². The van der Waals surface area contributed by atoms with Crippen LogP contribution in [0.1, 0.15) is 38.3 Å². The first-order valence-corrected chi connectivity index (χ1v) is 10.8. The Morgan fingerprint density at radius 2 is 2.00 bits per heavy atom. The zero-order valence-electron chi connectivity index (χ0n) is 18.8. The number of nitrogens with zero attached hydrogens (tertiary/aromatic N) is 2. The first-order chi connectivity index (χ1) is 16.0. The molecule has 0 radical (unpaired) electrons. The third kappa shape index (κ3) is 7.25. The molecule has 4 amide bonds. The van der Waals surface area contributed by atoms with Gasteiger partial charge in [0.2, 0.25) is 23.6 Å². The molecule has 1 aromatic rings. The van der Waals surface area contributed by atoms with Gasteiger partial charge in [-0.1, -0.05) is 0 Å². The quantitative estimate of drug-likeness (QED) is 0.161. The highest BCUT2D eigenvalue weighted by atomic mass is 16.4. The van der Waals surface area contributed by atoms with Crippen molar-refractivity contribution in [1.29, 1.82) is 0 Å². The number of H-pyrrole nitrogens is 1. The van der Waals surface area contributed by atoms with Crippen LogP contribution in [-0.4, -0.2) is 91.5 Å². The minimum atomic E-state index is -1.46. The first kappa shape index (κ1) is 26.7. The number of aliphatic hydroxyl groups is 1. The number of carboxylic acid groups (broad SMARTS) is 1. The topological polar surface area (TPSA) is 234 Å². The van der Waals surface area contributed by atoms with Crippen molar-refractivity contribution in [2.45, 2.75) is 69.3 Å². The number of rotatable bonds is 12. The summed E-state index contributed by atoms with van der Waals surface area (Å²) < 4.78 is 0. The van der Waals surface area contributed by atoms with Crippen molar-refractivity contribution in [3.63, 3.8) is 0 Å². The zero-order valence-corrected chi connectivity index (χ0v) is 18.8. The second-order valence-electron chi connectivity index (χ2n) is 8.21. The molecule has 2 rings (SSSR count). The Hall–Kier alpha value is -3.52. The minimum Gasteiger partial charge on any atom is -0.480 e. The number of primary amides is 1. The van der Waals surface area contributed by atoms with Gasteiger partial charge in [-0.05, 0) is 26.2 Å². The van der Waals surface area contributed by atoms with Crippen LogP contribution in [0.5, 0.6) is 0 Å². The Kier molecular flexibility index (Phi) is 9.50. The van der Waals surface area contributed by atoms with Crippen LogP contribution >= 0.6 is 0 Å². The van der Waals surface area contributed by atoms with Gasteiger partial charge in [-0.3, -0.25) is 19.2 Å². The second-order valence-corrected chi connectivity index (χ2v) is 8.21. The zero-order chi connectivity index (χ0) is 25.4. The van der Waals surface area contributed by atoms with Gasteiger partial charge in [0.25, 0.3) is 0 Å². The SMILES string of the molecule is CC(O)C(NC(=O)C1CCCN1C(=O)C(N)CCC(N)=O)C(=O)NC(Cc1cnc[nH]1)C(=O)O. The molecule has 0 aromatic carbocycles. The lowest BCUT2D eigenvalue weighted by molar-refractivity contribution is -0.144. The van der Waals surface area contributed by atoms with Crippen molar-refractivity contribution >= 4 is 29.6 Å². The number of carbonyl (C=O) groups is 5. The van der Waals surface area contributed by atoms with E-state index >= 15 is 0 Å². The summed E-state index contributed by atoms with van der Waals surface area (Å²) in [6.45, 7) is 1.53. The molecular formula is C20H31N7O7. The molecule has 2 heterocycles. The molecule has 1 saturated heterocycles. The summed E-state index contributed by atoms with van der Waals surface area (Å²) >= 11 is 0. The third-order valence-corrected chi connectivity index (χ3v) is 5.51. The summed E-state index contributed by atoms with van der Waals surface area (Å²) in [5.41, 5.74) is 11.4. The Balaban J connectivity index is 2.04. The van der Waals surface area contributed by atoms with Gasteiger partial charge >= 0.3 is 5.97 Å². The van der Waals surface area contributed by atoms with E-state index in [9.17, 15) is 34.2 Å². The van der Waals surface area contributed by atoms with E-state index in [2.05, 4.69) is 20.6 Å². The highest BCUT2D eigenvalue weighted by Gasteiger charge is 2.38. The molecule has 1 aliphatic heterocycles. The van der Waals surface area contributed by atoms with E-state index in [1.165, 1.54) is 24.3 Å². The van der Waals surface area contributed by atoms with Gasteiger partial charge in [0.15, 0.2) is 0 Å². The van der Waals surface area contributed by atoms with Gasteiger partial charge in [-0.2, -0.15) is 0 Å². The third-order valence-electron chi connectivity index (χ3n) is 5.51. The summed E-state index contributed by atoms with van der Waals surface area (Å²) in [6.07, 6.45) is 2.12. The highest BCUT2D eigenvalue weighted by Crippen LogP contribution is 2.19. The highest BCUT2D eigenvalue weighted by molar-refractivity contribution is 5.94. The lowest BCUT2D eigenvalue weighted by Gasteiger charge is -2.29. The molecule has 14 nitrogen and oxygen atoms in total. The molecule has 188 valence electrons. The Bertz CT molecular complexity index is 890. The number of imidazole rings is 1. The smallest absolute Gasteiger partial charge is 0.326 e. The van der Waals surface area contributed by atoms with Crippen molar-refractivity contribution in [3.05, 3.63) is 18.2 Å². The van der Waals surface area contributed by atoms with Crippen LogP contribution in [0, 0.1) is 0 Å². The van der Waals surface area contributed by atoms with Crippen LogP contribution in [-0.2, 0) is 30.4 Å². The van der Waals surface area contributed by atoms with E-state index in [-0.39, 0.29) is 25.8 Å². The van der Waals surface area contributed by atoms with Gasteiger partial charge in [0.05, 0.1) is 18.5 Å². The molecule has 34 heavy (non-hydrogen) atoms. The van der Waals surface area contributed by atoms with Crippen molar-refractivity contribution in [3.8, 4) is 0 Å². The summed E-state index contributed by atoms with van der Waals surface area (Å²) in [5.74, 6) is -4.02. The van der Waals surface area contributed by atoms with Gasteiger partial charge in [-0.15, -0.1) is 0 Å². The monoisotopic (exact) mass is 481 g/mol. The Morgan fingerprint density at radius 3 is 2.56 bits per heavy atom. The normalized spacial score (nSPS) is 19.0. The molecule has 1 aromatic heterocycles. The average molecular weight is 482 g/mol. The predicted molar refractivity (Wildman–Crippen MR) is 117 cm³/mol. The summed E-state index contributed by atoms with van der Waals surface area (Å²) in [4.78, 5) is 68.6. The standard InChI is InChI=1S/C20H31N7O7/c1-10(28)16(18(31)25-13(20(33)34)7-11-8-23-9-24-11)26-17(30)14-3-2-6-27(14)19(32)12(21)4-5-15(22)29/h8-10,12-14,16,28H,2-7,21H2,1H3,(H2,22,29)(H,23,24)(H,25,31)(H,26,30)(H,33,34). The molecule has 1 fully saturated rings. The van der Waals surface area contributed by atoms with E-state index in [0.717, 1.165) is 0 Å². The molecule has 5 atom stereocenters. The van der Waals surface area contributed by atoms with Crippen LogP contribution in [0.15, 0.2) is 12.5 Å². The maximum absolute atomic E-state index is 12.9. The fourth-order valence-electron chi connectivity index (χ4n) is 3.67. The first-order valence-electron chi connectivity index (χ1n) is 10.8. The molecule has 9 N–H and O–H groups in total. The summed E-state index contributed by atoms with van der Waals surface area (Å²) in [5, 5.41) is 24.2. The number of aliphatic hydroxyl groups excluding tert-OH is 1. The number of likely N-dealkylation sites (tertiary alicyclic amines) is 1. The van der Waals surface area contributed by atoms with Crippen LogP contribution in [0.25, 0.3) is 0 Å². The van der Waals surface area contributed by atoms with Gasteiger partial charge in [0.1, 0.15) is 18.1 Å². The maximum atomic E-state index is 12.9.